The lowest BCUT2D eigenvalue weighted by Gasteiger charge is -2.05. The summed E-state index contributed by atoms with van der Waals surface area (Å²) >= 11 is 4.69. The van der Waals surface area contributed by atoms with Crippen molar-refractivity contribution < 1.29 is 23.5 Å². The number of hydrogen-bond acceptors (Lipinski definition) is 2. The molecule has 0 radical (unpaired) electrons. The zero-order valence-electron chi connectivity index (χ0n) is 4.60. The summed E-state index contributed by atoms with van der Waals surface area (Å²) in [5, 5.41) is 7.71. The van der Waals surface area contributed by atoms with Gasteiger partial charge in [-0.1, -0.05) is 0 Å². The molecule has 0 unspecified atom stereocenters. The molecule has 0 heterocycles. The first-order valence-corrected chi connectivity index (χ1v) is 2.67. The van der Waals surface area contributed by atoms with Crippen molar-refractivity contribution in [3.63, 3.8) is 0 Å². The Morgan fingerprint density at radius 1 is 1.50 bits per heavy atom. The average molecular weight is 173 g/mol. The summed E-state index contributed by atoms with van der Waals surface area (Å²) in [5.41, 5.74) is 0. The highest BCUT2D eigenvalue weighted by Crippen LogP contribution is 2.15. The molecule has 0 aromatic heterocycles. The third-order valence-corrected chi connectivity index (χ3v) is 0.983. The van der Waals surface area contributed by atoms with E-state index in [9.17, 15) is 18.4 Å². The van der Waals surface area contributed by atoms with Crippen LogP contribution in [-0.2, 0) is 9.59 Å². The van der Waals surface area contributed by atoms with Gasteiger partial charge < -0.3 is 5.11 Å². The molecule has 0 bridgehead atoms. The van der Waals surface area contributed by atoms with Gasteiger partial charge in [0, 0.05) is 0 Å². The summed E-state index contributed by atoms with van der Waals surface area (Å²) in [6.07, 6.45) is 0. The standard InChI is InChI=1S/C4H3ClF2O3/c5-1-2(8)4(6,7)3(9)10/h1H2,(H,9,10). The maximum absolute atomic E-state index is 11.9. The molecule has 0 rings (SSSR count). The number of carbonyl (C=O) groups excluding carboxylic acids is 1. The summed E-state index contributed by atoms with van der Waals surface area (Å²) in [5.74, 6) is -9.62. The zero-order valence-corrected chi connectivity index (χ0v) is 5.36. The molecule has 0 spiro atoms. The average Bonchev–Trinajstić information content (AvgIpc) is 1.86. The van der Waals surface area contributed by atoms with Gasteiger partial charge in [0.1, 0.15) is 0 Å². The molecule has 3 nitrogen and oxygen atoms in total. The van der Waals surface area contributed by atoms with E-state index in [0.717, 1.165) is 0 Å². The summed E-state index contributed by atoms with van der Waals surface area (Å²) < 4.78 is 23.8. The second-order valence-corrected chi connectivity index (χ2v) is 1.70. The number of carboxylic acids is 1. The highest BCUT2D eigenvalue weighted by molar-refractivity contribution is 6.30. The predicted octanol–water partition coefficient (Wildman–Crippen LogP) is 0.514. The molecule has 0 aliphatic carbocycles. The number of hydrogen-bond donors (Lipinski definition) is 1. The summed E-state index contributed by atoms with van der Waals surface area (Å²) in [6, 6.07) is 0. The van der Waals surface area contributed by atoms with E-state index in [1.54, 1.807) is 0 Å². The molecule has 0 fully saturated rings. The number of rotatable bonds is 3. The van der Waals surface area contributed by atoms with Crippen molar-refractivity contribution >= 4 is 23.4 Å². The van der Waals surface area contributed by atoms with Crippen molar-refractivity contribution in [2.75, 3.05) is 5.88 Å². The van der Waals surface area contributed by atoms with Crippen molar-refractivity contribution in [2.24, 2.45) is 0 Å². The number of aliphatic carboxylic acids is 1. The molecule has 10 heavy (non-hydrogen) atoms. The molecule has 0 atom stereocenters. The minimum absolute atomic E-state index is 1.00. The zero-order chi connectivity index (χ0) is 8.36. The van der Waals surface area contributed by atoms with Crippen molar-refractivity contribution in [1.29, 1.82) is 0 Å². The van der Waals surface area contributed by atoms with Gasteiger partial charge in [-0.2, -0.15) is 8.78 Å². The molecule has 0 aliphatic rings. The molecule has 6 heteroatoms. The van der Waals surface area contributed by atoms with Gasteiger partial charge in [0.2, 0.25) is 5.78 Å². The molecule has 0 saturated carbocycles. The lowest BCUT2D eigenvalue weighted by atomic mass is 10.2. The van der Waals surface area contributed by atoms with Gasteiger partial charge >= 0.3 is 11.9 Å². The van der Waals surface area contributed by atoms with Gasteiger partial charge in [-0.15, -0.1) is 11.6 Å². The van der Waals surface area contributed by atoms with Crippen molar-refractivity contribution in [1.82, 2.24) is 0 Å². The number of carboxylic acid groups (broad SMARTS) is 1. The summed E-state index contributed by atoms with van der Waals surface area (Å²) in [6.45, 7) is 0. The van der Waals surface area contributed by atoms with Gasteiger partial charge in [-0.25, -0.2) is 4.79 Å². The maximum Gasteiger partial charge on any atom is 0.400 e. The monoisotopic (exact) mass is 172 g/mol. The summed E-state index contributed by atoms with van der Waals surface area (Å²) in [4.78, 5) is 19.6. The first-order valence-electron chi connectivity index (χ1n) is 2.13. The van der Waals surface area contributed by atoms with Gasteiger partial charge in [0.05, 0.1) is 5.88 Å². The molecule has 58 valence electrons. The predicted molar refractivity (Wildman–Crippen MR) is 28.3 cm³/mol. The third-order valence-electron chi connectivity index (χ3n) is 0.740. The quantitative estimate of drug-likeness (QED) is 0.499. The van der Waals surface area contributed by atoms with Crippen LogP contribution in [0.2, 0.25) is 0 Å². The summed E-state index contributed by atoms with van der Waals surface area (Å²) in [7, 11) is 0. The fraction of sp³-hybridized carbons (Fsp3) is 0.500. The van der Waals surface area contributed by atoms with Crippen molar-refractivity contribution in [3.05, 3.63) is 0 Å². The Bertz CT molecular complexity index is 168. The molecule has 0 aliphatic heterocycles. The second-order valence-electron chi connectivity index (χ2n) is 1.44. The highest BCUT2D eigenvalue weighted by atomic mass is 35.5. The molecule has 0 amide bonds. The largest absolute Gasteiger partial charge is 0.476 e. The van der Waals surface area contributed by atoms with E-state index in [1.807, 2.05) is 0 Å². The first-order chi connectivity index (χ1) is 4.42. The number of ketones is 1. The fourth-order valence-electron chi connectivity index (χ4n) is 0.203. The van der Waals surface area contributed by atoms with E-state index in [2.05, 4.69) is 11.6 Å². The van der Waals surface area contributed by atoms with E-state index in [-0.39, 0.29) is 0 Å². The van der Waals surface area contributed by atoms with Gasteiger partial charge in [-0.05, 0) is 0 Å². The Balaban J connectivity index is 4.40. The van der Waals surface area contributed by atoms with Crippen LogP contribution >= 0.6 is 11.6 Å². The first kappa shape index (κ1) is 9.29. The minimum atomic E-state index is -4.35. The Hall–Kier alpha value is -0.710. The van der Waals surface area contributed by atoms with E-state index in [1.165, 1.54) is 0 Å². The van der Waals surface area contributed by atoms with Crippen LogP contribution in [0.1, 0.15) is 0 Å². The van der Waals surface area contributed by atoms with Crippen molar-refractivity contribution in [3.8, 4) is 0 Å². The lowest BCUT2D eigenvalue weighted by Crippen LogP contribution is -2.38. The van der Waals surface area contributed by atoms with Gasteiger partial charge in [0.15, 0.2) is 0 Å². The van der Waals surface area contributed by atoms with Crippen LogP contribution in [0.4, 0.5) is 8.78 Å². The van der Waals surface area contributed by atoms with E-state index < -0.39 is 23.6 Å². The Morgan fingerprint density at radius 3 is 2.00 bits per heavy atom. The fourth-order valence-corrected chi connectivity index (χ4v) is 0.371. The topological polar surface area (TPSA) is 54.4 Å². The van der Waals surface area contributed by atoms with Gasteiger partial charge in [-0.3, -0.25) is 4.79 Å². The molecule has 0 aromatic rings. The van der Waals surface area contributed by atoms with Crippen LogP contribution in [-0.4, -0.2) is 28.7 Å². The van der Waals surface area contributed by atoms with Crippen molar-refractivity contribution in [2.45, 2.75) is 5.92 Å². The lowest BCUT2D eigenvalue weighted by molar-refractivity contribution is -0.170. The van der Waals surface area contributed by atoms with Crippen LogP contribution < -0.4 is 0 Å². The Labute approximate surface area is 59.6 Å². The molecular weight excluding hydrogens is 169 g/mol. The molecule has 0 saturated heterocycles. The molecule has 0 aromatic carbocycles. The Kier molecular flexibility index (Phi) is 2.71. The smallest absolute Gasteiger partial charge is 0.400 e. The van der Waals surface area contributed by atoms with E-state index >= 15 is 0 Å². The number of Topliss-reactive ketones (excluding diaryl/α,β-unsaturated/α-hetero) is 1. The van der Waals surface area contributed by atoms with Crippen LogP contribution in [0.5, 0.6) is 0 Å². The molecule has 1 N–H and O–H groups in total. The van der Waals surface area contributed by atoms with Crippen LogP contribution in [0.25, 0.3) is 0 Å². The minimum Gasteiger partial charge on any atom is -0.476 e. The maximum atomic E-state index is 11.9. The van der Waals surface area contributed by atoms with Crippen LogP contribution in [0.15, 0.2) is 0 Å². The molecular formula is C4H3ClF2O3. The van der Waals surface area contributed by atoms with E-state index in [4.69, 9.17) is 5.11 Å². The van der Waals surface area contributed by atoms with Gasteiger partial charge in [0.25, 0.3) is 0 Å². The SMILES string of the molecule is O=C(O)C(F)(F)C(=O)CCl. The third kappa shape index (κ3) is 1.63. The highest BCUT2D eigenvalue weighted by Gasteiger charge is 2.46. The Morgan fingerprint density at radius 2 is 1.90 bits per heavy atom. The number of alkyl halides is 3. The number of halogens is 3. The number of carbonyl (C=O) groups is 2. The normalized spacial score (nSPS) is 11.1. The van der Waals surface area contributed by atoms with Crippen LogP contribution in [0, 0.1) is 0 Å². The van der Waals surface area contributed by atoms with E-state index in [0.29, 0.717) is 0 Å². The second kappa shape index (κ2) is 2.92. The van der Waals surface area contributed by atoms with Crippen LogP contribution in [0.3, 0.4) is 0 Å².